The first-order chi connectivity index (χ1) is 10.5. The topological polar surface area (TPSA) is 128 Å². The molecular formula is C13H10N4O5. The van der Waals surface area contributed by atoms with Gasteiger partial charge in [-0.1, -0.05) is 6.07 Å². The molecule has 1 heterocycles. The smallest absolute Gasteiger partial charge is 0.289 e. The number of carbonyl (C=O) groups excluding carboxylic acids is 1. The van der Waals surface area contributed by atoms with Crippen LogP contribution in [0.25, 0.3) is 0 Å². The lowest BCUT2D eigenvalue weighted by Gasteiger charge is -2.05. The molecular weight excluding hydrogens is 292 g/mol. The molecule has 0 spiro atoms. The molecule has 0 aliphatic rings. The van der Waals surface area contributed by atoms with Crippen molar-refractivity contribution in [1.82, 2.24) is 10.3 Å². The summed E-state index contributed by atoms with van der Waals surface area (Å²) in [6.45, 7) is 0.0911. The van der Waals surface area contributed by atoms with Gasteiger partial charge in [-0.15, -0.1) is 0 Å². The zero-order valence-electron chi connectivity index (χ0n) is 11.1. The second-order valence-corrected chi connectivity index (χ2v) is 4.22. The SMILES string of the molecule is O=C(NCc1ccccn1)c1ccc([N+](=O)[O-])cc1[N+](=O)[O-]. The molecule has 0 saturated carbocycles. The van der Waals surface area contributed by atoms with Crippen LogP contribution in [0.2, 0.25) is 0 Å². The van der Waals surface area contributed by atoms with Crippen molar-refractivity contribution in [2.45, 2.75) is 6.54 Å². The Morgan fingerprint density at radius 2 is 1.91 bits per heavy atom. The Morgan fingerprint density at radius 1 is 1.14 bits per heavy atom. The van der Waals surface area contributed by atoms with Crippen LogP contribution in [0, 0.1) is 20.2 Å². The molecule has 0 fully saturated rings. The maximum atomic E-state index is 12.0. The van der Waals surface area contributed by atoms with E-state index in [4.69, 9.17) is 0 Å². The molecule has 9 heteroatoms. The van der Waals surface area contributed by atoms with Crippen LogP contribution in [-0.2, 0) is 6.54 Å². The number of nitrogens with zero attached hydrogens (tertiary/aromatic N) is 3. The minimum absolute atomic E-state index is 0.0911. The number of rotatable bonds is 5. The van der Waals surface area contributed by atoms with E-state index in [0.29, 0.717) is 5.69 Å². The molecule has 0 bridgehead atoms. The number of benzene rings is 1. The number of hydrogen-bond acceptors (Lipinski definition) is 6. The third-order valence-electron chi connectivity index (χ3n) is 2.79. The van der Waals surface area contributed by atoms with Crippen molar-refractivity contribution < 1.29 is 14.6 Å². The average Bonchev–Trinajstić information content (AvgIpc) is 2.52. The van der Waals surface area contributed by atoms with E-state index in [2.05, 4.69) is 10.3 Å². The van der Waals surface area contributed by atoms with Crippen LogP contribution >= 0.6 is 0 Å². The quantitative estimate of drug-likeness (QED) is 0.662. The van der Waals surface area contributed by atoms with Crippen molar-refractivity contribution in [1.29, 1.82) is 0 Å². The third kappa shape index (κ3) is 3.39. The molecule has 9 nitrogen and oxygen atoms in total. The summed E-state index contributed by atoms with van der Waals surface area (Å²) in [5.74, 6) is -0.702. The Morgan fingerprint density at radius 3 is 2.50 bits per heavy atom. The summed E-state index contributed by atoms with van der Waals surface area (Å²) in [5, 5.41) is 24.1. The molecule has 1 aromatic heterocycles. The van der Waals surface area contributed by atoms with E-state index in [1.807, 2.05) is 0 Å². The van der Waals surface area contributed by atoms with E-state index in [9.17, 15) is 25.0 Å². The van der Waals surface area contributed by atoms with Gasteiger partial charge in [0, 0.05) is 12.3 Å². The van der Waals surface area contributed by atoms with Crippen molar-refractivity contribution in [3.8, 4) is 0 Å². The Bertz CT molecular complexity index is 732. The summed E-state index contributed by atoms with van der Waals surface area (Å²) in [6.07, 6.45) is 1.55. The molecule has 1 aromatic carbocycles. The fourth-order valence-electron chi connectivity index (χ4n) is 1.75. The van der Waals surface area contributed by atoms with Crippen LogP contribution in [0.5, 0.6) is 0 Å². The Hall–Kier alpha value is -3.36. The predicted octanol–water partition coefficient (Wildman–Crippen LogP) is 1.83. The Labute approximate surface area is 123 Å². The first-order valence-electron chi connectivity index (χ1n) is 6.10. The van der Waals surface area contributed by atoms with E-state index in [0.717, 1.165) is 18.2 Å². The summed E-state index contributed by atoms with van der Waals surface area (Å²) >= 11 is 0. The maximum absolute atomic E-state index is 12.0. The summed E-state index contributed by atoms with van der Waals surface area (Å²) in [4.78, 5) is 36.0. The highest BCUT2D eigenvalue weighted by Gasteiger charge is 2.23. The van der Waals surface area contributed by atoms with E-state index in [1.54, 1.807) is 24.4 Å². The van der Waals surface area contributed by atoms with Crippen LogP contribution in [0.4, 0.5) is 11.4 Å². The number of nitro groups is 2. The van der Waals surface area contributed by atoms with Gasteiger partial charge in [-0.05, 0) is 18.2 Å². The van der Waals surface area contributed by atoms with Crippen molar-refractivity contribution in [2.75, 3.05) is 0 Å². The lowest BCUT2D eigenvalue weighted by atomic mass is 10.1. The summed E-state index contributed by atoms with van der Waals surface area (Å²) < 4.78 is 0. The number of carbonyl (C=O) groups is 1. The molecule has 1 amide bonds. The number of amides is 1. The minimum atomic E-state index is -0.831. The molecule has 2 aromatic rings. The second-order valence-electron chi connectivity index (χ2n) is 4.22. The molecule has 0 radical (unpaired) electrons. The average molecular weight is 302 g/mol. The van der Waals surface area contributed by atoms with Gasteiger partial charge in [0.25, 0.3) is 17.3 Å². The highest BCUT2D eigenvalue weighted by atomic mass is 16.6. The third-order valence-corrected chi connectivity index (χ3v) is 2.79. The fraction of sp³-hybridized carbons (Fsp3) is 0.0769. The largest absolute Gasteiger partial charge is 0.346 e. The van der Waals surface area contributed by atoms with Gasteiger partial charge in [-0.25, -0.2) is 0 Å². The van der Waals surface area contributed by atoms with E-state index in [1.165, 1.54) is 0 Å². The molecule has 2 rings (SSSR count). The van der Waals surface area contributed by atoms with Crippen LogP contribution in [0.3, 0.4) is 0 Å². The number of hydrogen-bond donors (Lipinski definition) is 1. The lowest BCUT2D eigenvalue weighted by Crippen LogP contribution is -2.24. The van der Waals surface area contributed by atoms with Gasteiger partial charge in [0.2, 0.25) is 0 Å². The molecule has 0 saturated heterocycles. The summed E-state index contributed by atoms with van der Waals surface area (Å²) in [7, 11) is 0. The molecule has 0 atom stereocenters. The standard InChI is InChI=1S/C13H10N4O5/c18-13(15-8-9-3-1-2-6-14-9)11-5-4-10(16(19)20)7-12(11)17(21)22/h1-7H,8H2,(H,15,18). The normalized spacial score (nSPS) is 10.0. The monoisotopic (exact) mass is 302 g/mol. The molecule has 0 aliphatic heterocycles. The van der Waals surface area contributed by atoms with Gasteiger partial charge in [0.05, 0.1) is 28.2 Å². The van der Waals surface area contributed by atoms with E-state index in [-0.39, 0.29) is 12.1 Å². The summed E-state index contributed by atoms with van der Waals surface area (Å²) in [5.41, 5.74) is -0.729. The van der Waals surface area contributed by atoms with Crippen molar-refractivity contribution in [2.24, 2.45) is 0 Å². The lowest BCUT2D eigenvalue weighted by molar-refractivity contribution is -0.394. The van der Waals surface area contributed by atoms with Crippen LogP contribution in [0.1, 0.15) is 16.1 Å². The van der Waals surface area contributed by atoms with Crippen molar-refractivity contribution >= 4 is 17.3 Å². The van der Waals surface area contributed by atoms with Crippen LogP contribution in [-0.4, -0.2) is 20.7 Å². The molecule has 0 aliphatic carbocycles. The van der Waals surface area contributed by atoms with Gasteiger partial charge in [0.15, 0.2) is 0 Å². The number of nitrogens with one attached hydrogen (secondary N) is 1. The number of aromatic nitrogens is 1. The Balaban J connectivity index is 2.22. The van der Waals surface area contributed by atoms with Gasteiger partial charge in [0.1, 0.15) is 5.56 Å². The number of nitro benzene ring substituents is 2. The van der Waals surface area contributed by atoms with Gasteiger partial charge in [-0.2, -0.15) is 0 Å². The van der Waals surface area contributed by atoms with E-state index >= 15 is 0 Å². The molecule has 1 N–H and O–H groups in total. The van der Waals surface area contributed by atoms with Crippen LogP contribution < -0.4 is 5.32 Å². The van der Waals surface area contributed by atoms with E-state index < -0.39 is 27.1 Å². The Kier molecular flexibility index (Phi) is 4.37. The predicted molar refractivity (Wildman–Crippen MR) is 75.2 cm³/mol. The molecule has 112 valence electrons. The van der Waals surface area contributed by atoms with Crippen molar-refractivity contribution in [3.63, 3.8) is 0 Å². The summed E-state index contributed by atoms with van der Waals surface area (Å²) in [6, 6.07) is 8.00. The highest BCUT2D eigenvalue weighted by Crippen LogP contribution is 2.24. The highest BCUT2D eigenvalue weighted by molar-refractivity contribution is 5.98. The first kappa shape index (κ1) is 15.0. The molecule has 22 heavy (non-hydrogen) atoms. The first-order valence-corrected chi connectivity index (χ1v) is 6.10. The fourth-order valence-corrected chi connectivity index (χ4v) is 1.75. The van der Waals surface area contributed by atoms with Crippen LogP contribution in [0.15, 0.2) is 42.6 Å². The maximum Gasteiger partial charge on any atom is 0.289 e. The van der Waals surface area contributed by atoms with Gasteiger partial charge < -0.3 is 5.32 Å². The minimum Gasteiger partial charge on any atom is -0.346 e. The zero-order valence-corrected chi connectivity index (χ0v) is 11.1. The number of pyridine rings is 1. The van der Waals surface area contributed by atoms with Crippen molar-refractivity contribution in [3.05, 3.63) is 74.1 Å². The zero-order chi connectivity index (χ0) is 16.1. The molecule has 0 unspecified atom stereocenters. The second kappa shape index (κ2) is 6.39. The van der Waals surface area contributed by atoms with Gasteiger partial charge >= 0.3 is 0 Å². The van der Waals surface area contributed by atoms with Gasteiger partial charge in [-0.3, -0.25) is 30.0 Å². The number of non-ortho nitro benzene ring substituents is 1.